The van der Waals surface area contributed by atoms with Crippen molar-refractivity contribution in [2.75, 3.05) is 19.7 Å². The highest BCUT2D eigenvalue weighted by atomic mass is 35.5. The highest BCUT2D eigenvalue weighted by Crippen LogP contribution is 2.45. The van der Waals surface area contributed by atoms with Crippen LogP contribution in [0.1, 0.15) is 44.2 Å². The van der Waals surface area contributed by atoms with Crippen LogP contribution in [-0.2, 0) is 27.3 Å². The average molecular weight is 432 g/mol. The number of hydrogen-bond acceptors (Lipinski definition) is 4. The summed E-state index contributed by atoms with van der Waals surface area (Å²) < 4.78 is 12.3. The Morgan fingerprint density at radius 1 is 1.43 bits per heavy atom. The molecule has 1 N–H and O–H groups in total. The molecule has 0 spiro atoms. The summed E-state index contributed by atoms with van der Waals surface area (Å²) in [6.45, 7) is 6.86. The molecule has 2 saturated heterocycles. The van der Waals surface area contributed by atoms with Gasteiger partial charge in [-0.2, -0.15) is 0 Å². The molecular formula is C24H30ClNO4. The summed E-state index contributed by atoms with van der Waals surface area (Å²) in [6, 6.07) is 6.24. The van der Waals surface area contributed by atoms with Gasteiger partial charge in [0.05, 0.1) is 5.92 Å². The number of likely N-dealkylation sites (tertiary alicyclic amines) is 1. The molecule has 0 radical (unpaired) electrons. The van der Waals surface area contributed by atoms with E-state index in [1.54, 1.807) is 0 Å². The molecule has 1 aromatic carbocycles. The lowest BCUT2D eigenvalue weighted by Gasteiger charge is -2.44. The van der Waals surface area contributed by atoms with Gasteiger partial charge in [-0.1, -0.05) is 37.6 Å². The van der Waals surface area contributed by atoms with Crippen molar-refractivity contribution >= 4 is 17.6 Å². The first-order valence-electron chi connectivity index (χ1n) is 10.8. The molecule has 0 bridgehead atoms. The summed E-state index contributed by atoms with van der Waals surface area (Å²) in [4.78, 5) is 13.6. The number of carboxylic acids is 1. The van der Waals surface area contributed by atoms with Gasteiger partial charge in [0.2, 0.25) is 0 Å². The number of carbonyl (C=O) groups is 1. The predicted octanol–water partition coefficient (Wildman–Crippen LogP) is 4.79. The Balaban J connectivity index is 1.39. The van der Waals surface area contributed by atoms with E-state index in [-0.39, 0.29) is 17.4 Å². The highest BCUT2D eigenvalue weighted by molar-refractivity contribution is 6.31. The minimum Gasteiger partial charge on any atom is -0.496 e. The van der Waals surface area contributed by atoms with Gasteiger partial charge in [0.15, 0.2) is 0 Å². The zero-order chi connectivity index (χ0) is 21.3. The minimum absolute atomic E-state index is 0.0734. The maximum atomic E-state index is 11.3. The van der Waals surface area contributed by atoms with Crippen molar-refractivity contribution in [1.29, 1.82) is 0 Å². The predicted molar refractivity (Wildman–Crippen MR) is 116 cm³/mol. The summed E-state index contributed by atoms with van der Waals surface area (Å²) in [5.41, 5.74) is 2.18. The van der Waals surface area contributed by atoms with Crippen LogP contribution in [0.4, 0.5) is 0 Å². The first-order chi connectivity index (χ1) is 14.4. The molecule has 2 heterocycles. The maximum Gasteiger partial charge on any atom is 0.307 e. The SMILES string of the molecule is CCc1cccc(Cl)c1COC1=CCC2(C)CC(N3CCC(C(=O)O)C3)COC2=C1. The largest absolute Gasteiger partial charge is 0.496 e. The number of ether oxygens (including phenoxy) is 2. The fourth-order valence-electron chi connectivity index (χ4n) is 4.86. The molecule has 162 valence electrons. The van der Waals surface area contributed by atoms with Gasteiger partial charge in [0.1, 0.15) is 24.7 Å². The summed E-state index contributed by atoms with van der Waals surface area (Å²) >= 11 is 6.39. The number of fused-ring (bicyclic) bond motifs is 1. The zero-order valence-electron chi connectivity index (χ0n) is 17.7. The van der Waals surface area contributed by atoms with Crippen LogP contribution in [0.5, 0.6) is 0 Å². The molecule has 3 aliphatic rings. The van der Waals surface area contributed by atoms with E-state index in [0.717, 1.165) is 54.3 Å². The van der Waals surface area contributed by atoms with Gasteiger partial charge in [-0.05, 0) is 49.9 Å². The second-order valence-corrected chi connectivity index (χ2v) is 9.29. The normalized spacial score (nSPS) is 28.9. The molecule has 1 aromatic rings. The molecule has 6 heteroatoms. The third-order valence-corrected chi connectivity index (χ3v) is 7.16. The van der Waals surface area contributed by atoms with Crippen LogP contribution in [0, 0.1) is 11.3 Å². The smallest absolute Gasteiger partial charge is 0.307 e. The third kappa shape index (κ3) is 4.23. The molecule has 3 atom stereocenters. The Labute approximate surface area is 183 Å². The summed E-state index contributed by atoms with van der Waals surface area (Å²) in [6.07, 6.45) is 7.63. The molecular weight excluding hydrogens is 402 g/mol. The molecule has 0 aromatic heterocycles. The first kappa shape index (κ1) is 21.3. The molecule has 2 fully saturated rings. The lowest BCUT2D eigenvalue weighted by molar-refractivity contribution is -0.141. The molecule has 0 saturated carbocycles. The van der Waals surface area contributed by atoms with Crippen LogP contribution in [0.3, 0.4) is 0 Å². The van der Waals surface area contributed by atoms with Crippen LogP contribution in [-0.4, -0.2) is 41.7 Å². The van der Waals surface area contributed by atoms with Crippen molar-refractivity contribution in [2.45, 2.75) is 52.2 Å². The van der Waals surface area contributed by atoms with Gasteiger partial charge < -0.3 is 14.6 Å². The fraction of sp³-hybridized carbons (Fsp3) is 0.542. The summed E-state index contributed by atoms with van der Waals surface area (Å²) in [5, 5.41) is 10.0. The third-order valence-electron chi connectivity index (χ3n) is 6.80. The van der Waals surface area contributed by atoms with Crippen molar-refractivity contribution in [3.63, 3.8) is 0 Å². The molecule has 1 aliphatic carbocycles. The Kier molecular flexibility index (Phi) is 6.12. The second kappa shape index (κ2) is 8.64. The Bertz CT molecular complexity index is 880. The zero-order valence-corrected chi connectivity index (χ0v) is 18.5. The number of allylic oxidation sites excluding steroid dienone is 3. The molecule has 3 unspecified atom stereocenters. The van der Waals surface area contributed by atoms with Gasteiger partial charge in [-0.3, -0.25) is 9.69 Å². The van der Waals surface area contributed by atoms with Crippen molar-refractivity contribution < 1.29 is 19.4 Å². The van der Waals surface area contributed by atoms with E-state index in [0.29, 0.717) is 19.8 Å². The van der Waals surface area contributed by atoms with Crippen molar-refractivity contribution in [1.82, 2.24) is 4.90 Å². The van der Waals surface area contributed by atoms with E-state index >= 15 is 0 Å². The number of aliphatic carboxylic acids is 1. The highest BCUT2D eigenvalue weighted by Gasteiger charge is 2.43. The van der Waals surface area contributed by atoms with E-state index in [2.05, 4.69) is 30.9 Å². The van der Waals surface area contributed by atoms with E-state index in [1.165, 1.54) is 5.56 Å². The number of halogens is 1. The van der Waals surface area contributed by atoms with Crippen LogP contribution >= 0.6 is 11.6 Å². The van der Waals surface area contributed by atoms with Gasteiger partial charge in [-0.15, -0.1) is 0 Å². The van der Waals surface area contributed by atoms with Crippen molar-refractivity contribution in [2.24, 2.45) is 11.3 Å². The van der Waals surface area contributed by atoms with Crippen molar-refractivity contribution in [3.8, 4) is 0 Å². The minimum atomic E-state index is -0.687. The number of nitrogens with zero attached hydrogens (tertiary/aromatic N) is 1. The number of carboxylic acid groups (broad SMARTS) is 1. The quantitative estimate of drug-likeness (QED) is 0.701. The number of rotatable bonds is 6. The van der Waals surface area contributed by atoms with E-state index < -0.39 is 5.97 Å². The van der Waals surface area contributed by atoms with Crippen LogP contribution in [0.25, 0.3) is 0 Å². The van der Waals surface area contributed by atoms with Crippen LogP contribution in [0.2, 0.25) is 5.02 Å². The van der Waals surface area contributed by atoms with Gasteiger partial charge in [0, 0.05) is 34.7 Å². The van der Waals surface area contributed by atoms with Gasteiger partial charge in [0.25, 0.3) is 0 Å². The lowest BCUT2D eigenvalue weighted by Crippen LogP contribution is -2.46. The molecule has 30 heavy (non-hydrogen) atoms. The average Bonchev–Trinajstić information content (AvgIpc) is 3.23. The number of aryl methyl sites for hydroxylation is 1. The Hall–Kier alpha value is -1.98. The first-order valence-corrected chi connectivity index (χ1v) is 11.2. The second-order valence-electron chi connectivity index (χ2n) is 8.89. The van der Waals surface area contributed by atoms with Gasteiger partial charge in [-0.25, -0.2) is 0 Å². The Morgan fingerprint density at radius 3 is 3.00 bits per heavy atom. The lowest BCUT2D eigenvalue weighted by atomic mass is 9.74. The monoisotopic (exact) mass is 431 g/mol. The number of hydrogen-bond donors (Lipinski definition) is 1. The summed E-state index contributed by atoms with van der Waals surface area (Å²) in [7, 11) is 0. The van der Waals surface area contributed by atoms with E-state index in [9.17, 15) is 9.90 Å². The molecule has 2 aliphatic heterocycles. The van der Waals surface area contributed by atoms with Gasteiger partial charge >= 0.3 is 5.97 Å². The standard InChI is InChI=1S/C24H30ClNO4/c1-3-16-5-4-6-21(25)20(16)15-29-19-7-9-24(2)12-18(14-30-22(24)11-19)26-10-8-17(13-26)23(27)28/h4-7,11,17-18H,3,8-10,12-15H2,1-2H3,(H,27,28). The van der Waals surface area contributed by atoms with Crippen LogP contribution < -0.4 is 0 Å². The molecule has 0 amide bonds. The molecule has 4 rings (SSSR count). The fourth-order valence-corrected chi connectivity index (χ4v) is 5.11. The molecule has 5 nitrogen and oxygen atoms in total. The topological polar surface area (TPSA) is 59.0 Å². The van der Waals surface area contributed by atoms with Crippen LogP contribution in [0.15, 0.2) is 41.9 Å². The summed E-state index contributed by atoms with van der Waals surface area (Å²) in [5.74, 6) is 0.863. The maximum absolute atomic E-state index is 11.3. The van der Waals surface area contributed by atoms with E-state index in [1.807, 2.05) is 18.2 Å². The number of benzene rings is 1. The van der Waals surface area contributed by atoms with Crippen molar-refractivity contribution in [3.05, 3.63) is 58.0 Å². The van der Waals surface area contributed by atoms with E-state index in [4.69, 9.17) is 21.1 Å². The Morgan fingerprint density at radius 2 is 2.27 bits per heavy atom.